The van der Waals surface area contributed by atoms with Crippen LogP contribution in [0.15, 0.2) is 88.5 Å². The highest BCUT2D eigenvalue weighted by Gasteiger charge is 2.21. The number of carbonyl (C=O) groups excluding carboxylic acids is 1. The smallest absolute Gasteiger partial charge is 0.352 e. The standard InChI is InChI=1S/C25H21FN4O4/c1-34-19-11-7-10-18(14-19)16-29-24(32)22(23(31)27-15-17-8-3-2-4-9-17)28-30(25(29)33)21-13-6-5-12-20(21)26/h2-14H,15-16H2,1H3,(H,27,31). The molecule has 0 saturated heterocycles. The summed E-state index contributed by atoms with van der Waals surface area (Å²) in [5, 5.41) is 6.58. The minimum absolute atomic E-state index is 0.148. The normalized spacial score (nSPS) is 10.6. The zero-order valence-corrected chi connectivity index (χ0v) is 18.3. The first kappa shape index (κ1) is 22.7. The summed E-state index contributed by atoms with van der Waals surface area (Å²) in [7, 11) is 1.50. The number of hydrogen-bond acceptors (Lipinski definition) is 5. The zero-order chi connectivity index (χ0) is 24.1. The maximum Gasteiger partial charge on any atom is 0.352 e. The number of benzene rings is 3. The lowest BCUT2D eigenvalue weighted by Crippen LogP contribution is -2.46. The molecule has 0 aliphatic carbocycles. The number of methoxy groups -OCH3 is 1. The number of aromatic nitrogens is 3. The average molecular weight is 460 g/mol. The van der Waals surface area contributed by atoms with Crippen molar-refractivity contribution >= 4 is 5.91 Å². The molecule has 4 aromatic rings. The topological polar surface area (TPSA) is 95.2 Å². The van der Waals surface area contributed by atoms with Crippen LogP contribution >= 0.6 is 0 Å². The second kappa shape index (κ2) is 9.95. The molecule has 0 aliphatic rings. The fourth-order valence-electron chi connectivity index (χ4n) is 3.39. The molecular weight excluding hydrogens is 439 g/mol. The fraction of sp³-hybridized carbons (Fsp3) is 0.120. The molecule has 1 heterocycles. The van der Waals surface area contributed by atoms with Crippen molar-refractivity contribution in [2.24, 2.45) is 0 Å². The highest BCUT2D eigenvalue weighted by molar-refractivity contribution is 5.91. The first-order chi connectivity index (χ1) is 16.5. The van der Waals surface area contributed by atoms with Crippen molar-refractivity contribution in [3.63, 3.8) is 0 Å². The summed E-state index contributed by atoms with van der Waals surface area (Å²) in [5.41, 5.74) is -1.07. The highest BCUT2D eigenvalue weighted by atomic mass is 19.1. The molecule has 0 saturated carbocycles. The van der Waals surface area contributed by atoms with E-state index in [0.717, 1.165) is 20.9 Å². The number of halogens is 1. The molecule has 1 aromatic heterocycles. The number of para-hydroxylation sites is 1. The molecule has 0 spiro atoms. The van der Waals surface area contributed by atoms with Gasteiger partial charge in [-0.25, -0.2) is 9.18 Å². The van der Waals surface area contributed by atoms with Crippen LogP contribution in [0.25, 0.3) is 5.69 Å². The Morgan fingerprint density at radius 1 is 0.971 bits per heavy atom. The number of nitrogens with zero attached hydrogens (tertiary/aromatic N) is 3. The Morgan fingerprint density at radius 2 is 1.68 bits per heavy atom. The van der Waals surface area contributed by atoms with E-state index in [1.54, 1.807) is 24.3 Å². The van der Waals surface area contributed by atoms with E-state index in [0.29, 0.717) is 11.3 Å². The van der Waals surface area contributed by atoms with Crippen LogP contribution in [0.5, 0.6) is 5.75 Å². The molecule has 4 rings (SSSR count). The molecule has 0 unspecified atom stereocenters. The lowest BCUT2D eigenvalue weighted by Gasteiger charge is -2.13. The number of hydrogen-bond donors (Lipinski definition) is 1. The molecule has 34 heavy (non-hydrogen) atoms. The molecule has 0 radical (unpaired) electrons. The van der Waals surface area contributed by atoms with Gasteiger partial charge < -0.3 is 10.1 Å². The van der Waals surface area contributed by atoms with E-state index in [2.05, 4.69) is 10.4 Å². The molecule has 0 fully saturated rings. The third-order valence-corrected chi connectivity index (χ3v) is 5.13. The van der Waals surface area contributed by atoms with Gasteiger partial charge in [-0.05, 0) is 35.4 Å². The van der Waals surface area contributed by atoms with Crippen LogP contribution in [0.3, 0.4) is 0 Å². The van der Waals surface area contributed by atoms with Crippen molar-refractivity contribution < 1.29 is 13.9 Å². The van der Waals surface area contributed by atoms with Crippen LogP contribution in [0.1, 0.15) is 21.6 Å². The molecule has 172 valence electrons. The van der Waals surface area contributed by atoms with Crippen molar-refractivity contribution in [3.05, 3.63) is 122 Å². The summed E-state index contributed by atoms with van der Waals surface area (Å²) in [6.07, 6.45) is 0. The van der Waals surface area contributed by atoms with Crippen LogP contribution in [0, 0.1) is 5.82 Å². The zero-order valence-electron chi connectivity index (χ0n) is 18.3. The number of carbonyl (C=O) groups is 1. The fourth-order valence-corrected chi connectivity index (χ4v) is 3.39. The SMILES string of the molecule is COc1cccc(Cn2c(=O)c(C(=O)NCc3ccccc3)nn(-c3ccccc3F)c2=O)c1. The molecule has 9 heteroatoms. The van der Waals surface area contributed by atoms with Gasteiger partial charge in [0, 0.05) is 6.54 Å². The van der Waals surface area contributed by atoms with Crippen LogP contribution in [0.4, 0.5) is 4.39 Å². The summed E-state index contributed by atoms with van der Waals surface area (Å²) >= 11 is 0. The maximum absolute atomic E-state index is 14.5. The highest BCUT2D eigenvalue weighted by Crippen LogP contribution is 2.13. The van der Waals surface area contributed by atoms with Crippen LogP contribution in [-0.4, -0.2) is 27.4 Å². The minimum Gasteiger partial charge on any atom is -0.497 e. The quantitative estimate of drug-likeness (QED) is 0.457. The van der Waals surface area contributed by atoms with E-state index in [1.165, 1.54) is 25.3 Å². The summed E-state index contributed by atoms with van der Waals surface area (Å²) in [4.78, 5) is 39.3. The Morgan fingerprint density at radius 3 is 2.41 bits per heavy atom. The molecule has 0 aliphatic heterocycles. The van der Waals surface area contributed by atoms with E-state index in [9.17, 15) is 18.8 Å². The number of amides is 1. The van der Waals surface area contributed by atoms with Crippen LogP contribution in [-0.2, 0) is 13.1 Å². The Hall–Kier alpha value is -4.53. The predicted octanol–water partition coefficient (Wildman–Crippen LogP) is 2.52. The van der Waals surface area contributed by atoms with E-state index in [4.69, 9.17) is 4.74 Å². The number of ether oxygens (including phenoxy) is 1. The Balaban J connectivity index is 1.80. The van der Waals surface area contributed by atoms with E-state index in [1.807, 2.05) is 30.3 Å². The van der Waals surface area contributed by atoms with Crippen LogP contribution in [0.2, 0.25) is 0 Å². The summed E-state index contributed by atoms with van der Waals surface area (Å²) in [6.45, 7) is -0.0136. The Kier molecular flexibility index (Phi) is 6.63. The third-order valence-electron chi connectivity index (χ3n) is 5.13. The summed E-state index contributed by atoms with van der Waals surface area (Å²) in [6, 6.07) is 21.4. The first-order valence-electron chi connectivity index (χ1n) is 10.4. The van der Waals surface area contributed by atoms with Crippen LogP contribution < -0.4 is 21.3 Å². The van der Waals surface area contributed by atoms with Gasteiger partial charge in [-0.1, -0.05) is 54.6 Å². The largest absolute Gasteiger partial charge is 0.497 e. The van der Waals surface area contributed by atoms with Gasteiger partial charge in [-0.2, -0.15) is 9.78 Å². The van der Waals surface area contributed by atoms with Crippen molar-refractivity contribution in [2.45, 2.75) is 13.1 Å². The molecule has 1 amide bonds. The molecule has 0 atom stereocenters. The Bertz CT molecular complexity index is 1450. The van der Waals surface area contributed by atoms with Gasteiger partial charge in [0.05, 0.1) is 13.7 Å². The predicted molar refractivity (Wildman–Crippen MR) is 124 cm³/mol. The van der Waals surface area contributed by atoms with E-state index < -0.39 is 28.7 Å². The average Bonchev–Trinajstić information content (AvgIpc) is 2.86. The molecule has 8 nitrogen and oxygen atoms in total. The maximum atomic E-state index is 14.5. The molecule has 3 aromatic carbocycles. The lowest BCUT2D eigenvalue weighted by molar-refractivity contribution is 0.0941. The summed E-state index contributed by atoms with van der Waals surface area (Å²) < 4.78 is 21.3. The van der Waals surface area contributed by atoms with Gasteiger partial charge in [0.25, 0.3) is 11.5 Å². The number of rotatable bonds is 7. The van der Waals surface area contributed by atoms with Gasteiger partial charge >= 0.3 is 5.69 Å². The minimum atomic E-state index is -0.883. The monoisotopic (exact) mass is 460 g/mol. The van der Waals surface area contributed by atoms with Gasteiger partial charge in [-0.15, -0.1) is 0 Å². The van der Waals surface area contributed by atoms with E-state index >= 15 is 0 Å². The number of nitrogens with one attached hydrogen (secondary N) is 1. The molecule has 1 N–H and O–H groups in total. The van der Waals surface area contributed by atoms with E-state index in [-0.39, 0.29) is 18.8 Å². The van der Waals surface area contributed by atoms with Gasteiger partial charge in [0.1, 0.15) is 17.3 Å². The Labute approximate surface area is 193 Å². The van der Waals surface area contributed by atoms with Gasteiger partial charge in [0.2, 0.25) is 5.69 Å². The lowest BCUT2D eigenvalue weighted by atomic mass is 10.2. The molecular formula is C25H21FN4O4. The van der Waals surface area contributed by atoms with Crippen molar-refractivity contribution in [3.8, 4) is 11.4 Å². The van der Waals surface area contributed by atoms with Crippen molar-refractivity contribution in [1.82, 2.24) is 19.7 Å². The van der Waals surface area contributed by atoms with Gasteiger partial charge in [0.15, 0.2) is 0 Å². The van der Waals surface area contributed by atoms with Crippen molar-refractivity contribution in [1.29, 1.82) is 0 Å². The second-order valence-corrected chi connectivity index (χ2v) is 7.41. The second-order valence-electron chi connectivity index (χ2n) is 7.41. The van der Waals surface area contributed by atoms with Crippen molar-refractivity contribution in [2.75, 3.05) is 7.11 Å². The van der Waals surface area contributed by atoms with Gasteiger partial charge in [-0.3, -0.25) is 14.2 Å². The molecule has 0 bridgehead atoms. The summed E-state index contributed by atoms with van der Waals surface area (Å²) in [5.74, 6) is -0.965. The third kappa shape index (κ3) is 4.78. The first-order valence-corrected chi connectivity index (χ1v) is 10.4.